The fraction of sp³-hybridized carbons (Fsp3) is 0.769. The smallest absolute Gasteiger partial charge is 0.480 e. The van der Waals surface area contributed by atoms with Gasteiger partial charge in [0.05, 0.1) is 6.04 Å². The summed E-state index contributed by atoms with van der Waals surface area (Å²) in [5.41, 5.74) is 9.35. The third-order valence-electron chi connectivity index (χ3n) is 4.23. The van der Waals surface area contributed by atoms with Gasteiger partial charge in [-0.25, -0.2) is 9.52 Å². The van der Waals surface area contributed by atoms with Crippen molar-refractivity contribution in [2.24, 2.45) is 17.4 Å². The molecule has 1 heterocycles. The molecule has 0 spiro atoms. The summed E-state index contributed by atoms with van der Waals surface area (Å²) in [4.78, 5) is 31.9. The molecule has 0 radical (unpaired) electrons. The predicted molar refractivity (Wildman–Crippen MR) is 98.3 cm³/mol. The summed E-state index contributed by atoms with van der Waals surface area (Å²) in [6.45, 7) is 0.602. The van der Waals surface area contributed by atoms with Crippen LogP contribution in [0.4, 0.5) is 13.2 Å². The minimum absolute atomic E-state index is 0.0143. The van der Waals surface area contributed by atoms with Crippen LogP contribution in [0.3, 0.4) is 0 Å². The van der Waals surface area contributed by atoms with Crippen LogP contribution in [0.5, 0.6) is 0 Å². The Kier molecular flexibility index (Phi) is 10.3. The zero-order valence-electron chi connectivity index (χ0n) is 16.2. The number of rotatable bonds is 8. The molecule has 1 saturated heterocycles. The van der Waals surface area contributed by atoms with Gasteiger partial charge < -0.3 is 31.7 Å². The van der Waals surface area contributed by atoms with Crippen molar-refractivity contribution in [3.05, 3.63) is 0 Å². The van der Waals surface area contributed by atoms with Gasteiger partial charge in [0.25, 0.3) is 5.91 Å². The van der Waals surface area contributed by atoms with E-state index in [1.54, 1.807) is 4.72 Å². The van der Waals surface area contributed by atoms with Crippen LogP contribution in [0.1, 0.15) is 19.8 Å². The number of hydrogen-bond acceptors (Lipinski definition) is 9. The molecule has 0 aromatic heterocycles. The third-order valence-corrected chi connectivity index (χ3v) is 5.65. The van der Waals surface area contributed by atoms with Gasteiger partial charge in [-0.2, -0.15) is 25.9 Å². The summed E-state index contributed by atoms with van der Waals surface area (Å²) in [6.07, 6.45) is -4.62. The first-order valence-electron chi connectivity index (χ1n) is 8.60. The van der Waals surface area contributed by atoms with Crippen LogP contribution in [-0.4, -0.2) is 88.8 Å². The topological polar surface area (TPSA) is 234 Å². The molecule has 1 rings (SSSR count). The predicted octanol–water partition coefficient (Wildman–Crippen LogP) is -2.71. The second-order valence-electron chi connectivity index (χ2n) is 6.81. The molecule has 180 valence electrons. The van der Waals surface area contributed by atoms with E-state index >= 15 is 0 Å². The molecule has 13 nitrogen and oxygen atoms in total. The van der Waals surface area contributed by atoms with Crippen LogP contribution in [0.25, 0.3) is 0 Å². The van der Waals surface area contributed by atoms with Gasteiger partial charge in [0.1, 0.15) is 5.54 Å². The summed E-state index contributed by atoms with van der Waals surface area (Å²) < 4.78 is 58.7. The monoisotopic (exact) mass is 480 g/mol. The molecule has 0 unspecified atom stereocenters. The first-order chi connectivity index (χ1) is 13.8. The minimum atomic E-state index is -5.08. The number of alkyl halides is 3. The lowest BCUT2D eigenvalue weighted by atomic mass is 9.78. The van der Waals surface area contributed by atoms with E-state index in [2.05, 4.69) is 0 Å². The first kappa shape index (κ1) is 29.0. The van der Waals surface area contributed by atoms with Gasteiger partial charge in [0.15, 0.2) is 0 Å². The van der Waals surface area contributed by atoms with E-state index in [1.807, 2.05) is 0 Å². The lowest BCUT2D eigenvalue weighted by molar-refractivity contribution is -0.192. The Morgan fingerprint density at radius 3 is 2.13 bits per heavy atom. The van der Waals surface area contributed by atoms with Crippen LogP contribution in [0.15, 0.2) is 0 Å². The Bertz CT molecular complexity index is 766. The number of hydrogen-bond donors (Lipinski definition) is 7. The Labute approximate surface area is 175 Å². The Balaban J connectivity index is 0.00000110. The molecule has 0 aromatic carbocycles. The van der Waals surface area contributed by atoms with Crippen molar-refractivity contribution in [1.29, 1.82) is 0 Å². The van der Waals surface area contributed by atoms with E-state index in [9.17, 15) is 36.3 Å². The Morgan fingerprint density at radius 1 is 1.29 bits per heavy atom. The second-order valence-corrected chi connectivity index (χ2v) is 8.48. The second kappa shape index (κ2) is 11.0. The number of carboxylic acids is 2. The fourth-order valence-electron chi connectivity index (χ4n) is 2.50. The molecule has 1 fully saturated rings. The summed E-state index contributed by atoms with van der Waals surface area (Å²) in [5.74, 6) is -5.78. The van der Waals surface area contributed by atoms with Gasteiger partial charge in [-0.05, 0) is 19.7 Å². The van der Waals surface area contributed by atoms with Gasteiger partial charge in [-0.3, -0.25) is 9.59 Å². The summed E-state index contributed by atoms with van der Waals surface area (Å²) in [6, 6.07) is -1.05. The number of carbonyl (C=O) groups is 3. The number of carboxylic acid groups (broad SMARTS) is 2. The van der Waals surface area contributed by atoms with Crippen LogP contribution in [0.2, 0.25) is 6.32 Å². The maximum Gasteiger partial charge on any atom is 0.490 e. The van der Waals surface area contributed by atoms with E-state index < -0.39 is 65.4 Å². The standard InChI is InChI=1S/C11H23BN4O7S.C2HF3O2/c1-7(13)9(17)15-24(22,23)16-5-8(3-2-4-12(20)21)11(14,6-16)10(18)19;3-2(4,5)1(6)7/h7-8,20-21H,2-6,13-14H2,1H3,(H,15,17)(H,18,19);(H,6,7)/t7-,8+,11+;/m0./s1. The Hall–Kier alpha value is -1.99. The first-order valence-corrected chi connectivity index (χ1v) is 10.0. The van der Waals surface area contributed by atoms with E-state index in [0.29, 0.717) is 0 Å². The van der Waals surface area contributed by atoms with Crippen molar-refractivity contribution >= 4 is 35.2 Å². The molecule has 1 amide bonds. The van der Waals surface area contributed by atoms with Crippen LogP contribution in [-0.2, 0) is 24.6 Å². The van der Waals surface area contributed by atoms with Crippen LogP contribution < -0.4 is 16.2 Å². The molecule has 0 aromatic rings. The van der Waals surface area contributed by atoms with Crippen molar-refractivity contribution in [2.45, 2.75) is 43.8 Å². The molecule has 1 aliphatic heterocycles. The molecule has 9 N–H and O–H groups in total. The lowest BCUT2D eigenvalue weighted by Gasteiger charge is -2.25. The lowest BCUT2D eigenvalue weighted by Crippen LogP contribution is -2.55. The molecular weight excluding hydrogens is 456 g/mol. The SMILES string of the molecule is C[C@H](N)C(=O)NS(=O)(=O)N1C[C@@H](CCCB(O)O)[C@@](N)(C(=O)O)C1.O=C(O)C(F)(F)F. The number of nitrogens with two attached hydrogens (primary N) is 2. The van der Waals surface area contributed by atoms with Gasteiger partial charge in [0, 0.05) is 19.0 Å². The summed E-state index contributed by atoms with van der Waals surface area (Å²) in [7, 11) is -5.81. The van der Waals surface area contributed by atoms with Crippen molar-refractivity contribution in [1.82, 2.24) is 9.03 Å². The third kappa shape index (κ3) is 8.95. The minimum Gasteiger partial charge on any atom is -0.480 e. The highest BCUT2D eigenvalue weighted by atomic mass is 32.2. The number of halogens is 3. The van der Waals surface area contributed by atoms with Gasteiger partial charge in [-0.15, -0.1) is 0 Å². The van der Waals surface area contributed by atoms with Crippen molar-refractivity contribution < 1.29 is 56.2 Å². The maximum atomic E-state index is 12.2. The number of aliphatic carboxylic acids is 2. The highest BCUT2D eigenvalue weighted by molar-refractivity contribution is 7.87. The normalized spacial score (nSPS) is 22.8. The fourth-order valence-corrected chi connectivity index (χ4v) is 3.83. The van der Waals surface area contributed by atoms with E-state index in [-0.39, 0.29) is 25.7 Å². The zero-order chi connectivity index (χ0) is 24.8. The van der Waals surface area contributed by atoms with E-state index in [4.69, 9.17) is 31.4 Å². The average Bonchev–Trinajstić information content (AvgIpc) is 2.93. The molecule has 18 heteroatoms. The highest BCUT2D eigenvalue weighted by Gasteiger charge is 2.52. The number of nitrogens with one attached hydrogen (secondary N) is 1. The molecule has 1 aliphatic rings. The summed E-state index contributed by atoms with van der Waals surface area (Å²) in [5, 5.41) is 34.2. The number of nitrogens with zero attached hydrogens (tertiary/aromatic N) is 1. The Morgan fingerprint density at radius 2 is 1.77 bits per heavy atom. The van der Waals surface area contributed by atoms with Crippen molar-refractivity contribution in [3.63, 3.8) is 0 Å². The van der Waals surface area contributed by atoms with Gasteiger partial charge in [-0.1, -0.05) is 6.42 Å². The van der Waals surface area contributed by atoms with Crippen LogP contribution in [0, 0.1) is 5.92 Å². The number of carbonyl (C=O) groups excluding carboxylic acids is 1. The molecule has 3 atom stereocenters. The average molecular weight is 480 g/mol. The number of amides is 1. The molecule has 31 heavy (non-hydrogen) atoms. The van der Waals surface area contributed by atoms with Crippen LogP contribution >= 0.6 is 0 Å². The molecule has 0 aliphatic carbocycles. The van der Waals surface area contributed by atoms with Crippen molar-refractivity contribution in [2.75, 3.05) is 13.1 Å². The van der Waals surface area contributed by atoms with Gasteiger partial charge in [0.2, 0.25) is 0 Å². The molecular formula is C13H24BF3N4O9S. The van der Waals surface area contributed by atoms with E-state index in [1.165, 1.54) is 6.92 Å². The summed E-state index contributed by atoms with van der Waals surface area (Å²) >= 11 is 0. The van der Waals surface area contributed by atoms with Gasteiger partial charge >= 0.3 is 35.4 Å². The maximum absolute atomic E-state index is 12.2. The zero-order valence-corrected chi connectivity index (χ0v) is 17.1. The molecule has 0 bridgehead atoms. The van der Waals surface area contributed by atoms with Crippen molar-refractivity contribution in [3.8, 4) is 0 Å². The van der Waals surface area contributed by atoms with E-state index in [0.717, 1.165) is 4.31 Å². The largest absolute Gasteiger partial charge is 0.490 e. The highest BCUT2D eigenvalue weighted by Crippen LogP contribution is 2.31. The quantitative estimate of drug-likeness (QED) is 0.177. The molecule has 0 saturated carbocycles.